The maximum absolute atomic E-state index is 13.4. The molecule has 6 heteroatoms. The van der Waals surface area contributed by atoms with Crippen LogP contribution in [0.4, 0.5) is 10.2 Å². The van der Waals surface area contributed by atoms with Crippen molar-refractivity contribution in [3.8, 4) is 0 Å². The van der Waals surface area contributed by atoms with Crippen LogP contribution in [0.3, 0.4) is 0 Å². The quantitative estimate of drug-likeness (QED) is 0.790. The van der Waals surface area contributed by atoms with Crippen LogP contribution in [0.1, 0.15) is 48.2 Å². The van der Waals surface area contributed by atoms with Crippen molar-refractivity contribution in [3.63, 3.8) is 0 Å². The van der Waals surface area contributed by atoms with Crippen LogP contribution in [0, 0.1) is 0 Å². The van der Waals surface area contributed by atoms with E-state index in [0.29, 0.717) is 36.9 Å². The van der Waals surface area contributed by atoms with E-state index in [2.05, 4.69) is 10.2 Å². The Morgan fingerprint density at radius 3 is 2.85 bits per heavy atom. The highest BCUT2D eigenvalue weighted by molar-refractivity contribution is 5.95. The van der Waals surface area contributed by atoms with Crippen molar-refractivity contribution < 1.29 is 13.9 Å². The maximum atomic E-state index is 13.4. The molecule has 1 aromatic rings. The molecule has 0 amide bonds. The molecule has 1 aliphatic heterocycles. The lowest BCUT2D eigenvalue weighted by molar-refractivity contribution is 0.0526. The predicted octanol–water partition coefficient (Wildman–Crippen LogP) is 2.08. The Morgan fingerprint density at radius 2 is 2.25 bits per heavy atom. The van der Waals surface area contributed by atoms with Crippen molar-refractivity contribution in [3.05, 3.63) is 17.3 Å². The van der Waals surface area contributed by atoms with Gasteiger partial charge in [-0.05, 0) is 32.3 Å². The van der Waals surface area contributed by atoms with E-state index in [4.69, 9.17) is 4.74 Å². The summed E-state index contributed by atoms with van der Waals surface area (Å²) < 4.78 is 18.4. The number of halogens is 1. The fraction of sp³-hybridized carbons (Fsp3) is 0.643. The summed E-state index contributed by atoms with van der Waals surface area (Å²) in [6, 6.07) is 1.77. The van der Waals surface area contributed by atoms with E-state index in [1.807, 2.05) is 0 Å². The summed E-state index contributed by atoms with van der Waals surface area (Å²) >= 11 is 0. The second-order valence-electron chi connectivity index (χ2n) is 5.33. The van der Waals surface area contributed by atoms with E-state index < -0.39 is 12.1 Å². The van der Waals surface area contributed by atoms with E-state index in [1.165, 1.54) is 0 Å². The third-order valence-corrected chi connectivity index (χ3v) is 3.71. The molecule has 3 rings (SSSR count). The number of carbonyl (C=O) groups excluding carboxylic acids is 1. The van der Waals surface area contributed by atoms with Crippen LogP contribution in [-0.4, -0.2) is 42.0 Å². The lowest BCUT2D eigenvalue weighted by atomic mass is 10.2. The van der Waals surface area contributed by atoms with E-state index in [0.717, 1.165) is 18.5 Å². The lowest BCUT2D eigenvalue weighted by Gasteiger charge is -2.18. The summed E-state index contributed by atoms with van der Waals surface area (Å²) in [5.41, 5.74) is 1.26. The second kappa shape index (κ2) is 5.34. The highest BCUT2D eigenvalue weighted by atomic mass is 19.1. The van der Waals surface area contributed by atoms with Gasteiger partial charge in [0.25, 0.3) is 0 Å². The van der Waals surface area contributed by atoms with Crippen LogP contribution >= 0.6 is 0 Å². The van der Waals surface area contributed by atoms with Gasteiger partial charge in [0.2, 0.25) is 0 Å². The third kappa shape index (κ3) is 2.59. The molecule has 2 fully saturated rings. The first-order chi connectivity index (χ1) is 9.69. The molecule has 0 unspecified atom stereocenters. The van der Waals surface area contributed by atoms with Crippen LogP contribution in [0.25, 0.3) is 0 Å². The molecule has 108 valence electrons. The van der Waals surface area contributed by atoms with E-state index in [9.17, 15) is 9.18 Å². The number of aromatic nitrogens is 2. The second-order valence-corrected chi connectivity index (χ2v) is 5.33. The Labute approximate surface area is 117 Å². The Morgan fingerprint density at radius 1 is 1.45 bits per heavy atom. The van der Waals surface area contributed by atoms with Gasteiger partial charge in [0.15, 0.2) is 5.82 Å². The smallest absolute Gasteiger partial charge is 0.342 e. The van der Waals surface area contributed by atoms with Crippen molar-refractivity contribution in [1.29, 1.82) is 0 Å². The van der Waals surface area contributed by atoms with E-state index >= 15 is 0 Å². The first-order valence-corrected chi connectivity index (χ1v) is 7.12. The number of hydrogen-bond acceptors (Lipinski definition) is 5. The van der Waals surface area contributed by atoms with Gasteiger partial charge in [-0.25, -0.2) is 9.18 Å². The van der Waals surface area contributed by atoms with Crippen LogP contribution in [0.5, 0.6) is 0 Å². The minimum absolute atomic E-state index is 0.268. The van der Waals surface area contributed by atoms with Gasteiger partial charge in [0.1, 0.15) is 11.7 Å². The predicted molar refractivity (Wildman–Crippen MR) is 71.7 cm³/mol. The summed E-state index contributed by atoms with van der Waals surface area (Å²) in [6.45, 7) is 2.90. The molecule has 1 atom stereocenters. The average molecular weight is 279 g/mol. The van der Waals surface area contributed by atoms with Crippen molar-refractivity contribution in [2.24, 2.45) is 0 Å². The molecule has 5 nitrogen and oxygen atoms in total. The SMILES string of the molecule is CCOC(=O)c1cc(C2CC2)nnc1N1CC[C@@H](F)C1. The maximum Gasteiger partial charge on any atom is 0.342 e. The number of esters is 1. The normalized spacial score (nSPS) is 22.1. The van der Waals surface area contributed by atoms with Gasteiger partial charge < -0.3 is 9.64 Å². The summed E-state index contributed by atoms with van der Waals surface area (Å²) in [6.07, 6.45) is 1.78. The molecule has 2 heterocycles. The molecule has 1 saturated carbocycles. The Hall–Kier alpha value is -1.72. The Bertz CT molecular complexity index is 519. The molecule has 1 saturated heterocycles. The standard InChI is InChI=1S/C14H18FN3O2/c1-2-20-14(19)11-7-12(9-3-4-9)16-17-13(11)18-6-5-10(15)8-18/h7,9-10H,2-6,8H2,1H3/t10-/m1/s1. The lowest BCUT2D eigenvalue weighted by Crippen LogP contribution is -2.25. The zero-order valence-electron chi connectivity index (χ0n) is 11.5. The average Bonchev–Trinajstić information content (AvgIpc) is 3.21. The number of anilines is 1. The monoisotopic (exact) mass is 279 g/mol. The fourth-order valence-corrected chi connectivity index (χ4v) is 2.48. The van der Waals surface area contributed by atoms with Crippen molar-refractivity contribution in [1.82, 2.24) is 10.2 Å². The summed E-state index contributed by atoms with van der Waals surface area (Å²) in [5, 5.41) is 8.36. The highest BCUT2D eigenvalue weighted by Gasteiger charge is 2.31. The topological polar surface area (TPSA) is 55.3 Å². The van der Waals surface area contributed by atoms with Crippen LogP contribution in [-0.2, 0) is 4.74 Å². The third-order valence-electron chi connectivity index (χ3n) is 3.71. The summed E-state index contributed by atoms with van der Waals surface area (Å²) in [4.78, 5) is 13.9. The molecule has 1 aromatic heterocycles. The van der Waals surface area contributed by atoms with Crippen molar-refractivity contribution in [2.45, 2.75) is 38.3 Å². The first-order valence-electron chi connectivity index (χ1n) is 7.12. The molecule has 1 aliphatic carbocycles. The van der Waals surface area contributed by atoms with Gasteiger partial charge in [-0.3, -0.25) is 0 Å². The van der Waals surface area contributed by atoms with Gasteiger partial charge in [0.05, 0.1) is 18.8 Å². The largest absolute Gasteiger partial charge is 0.462 e. The van der Waals surface area contributed by atoms with Gasteiger partial charge in [-0.2, -0.15) is 5.10 Å². The van der Waals surface area contributed by atoms with Gasteiger partial charge >= 0.3 is 5.97 Å². The van der Waals surface area contributed by atoms with Crippen LogP contribution < -0.4 is 4.90 Å². The Balaban J connectivity index is 1.92. The molecule has 0 spiro atoms. The molecular formula is C14H18FN3O2. The summed E-state index contributed by atoms with van der Waals surface area (Å²) in [5.74, 6) is 0.465. The number of ether oxygens (including phenoxy) is 1. The highest BCUT2D eigenvalue weighted by Crippen LogP contribution is 2.39. The van der Waals surface area contributed by atoms with Crippen LogP contribution in [0.15, 0.2) is 6.07 Å². The van der Waals surface area contributed by atoms with Gasteiger partial charge in [-0.15, -0.1) is 5.10 Å². The first kappa shape index (κ1) is 13.3. The molecular weight excluding hydrogens is 261 g/mol. The fourth-order valence-electron chi connectivity index (χ4n) is 2.48. The molecule has 0 aromatic carbocycles. The van der Waals surface area contributed by atoms with Gasteiger partial charge in [-0.1, -0.05) is 0 Å². The van der Waals surface area contributed by atoms with Gasteiger partial charge in [0, 0.05) is 12.5 Å². The Kier molecular flexibility index (Phi) is 3.54. The van der Waals surface area contributed by atoms with Crippen molar-refractivity contribution in [2.75, 3.05) is 24.6 Å². The number of hydrogen-bond donors (Lipinski definition) is 0. The number of rotatable bonds is 4. The molecule has 20 heavy (non-hydrogen) atoms. The number of carbonyl (C=O) groups is 1. The van der Waals surface area contributed by atoms with Crippen molar-refractivity contribution >= 4 is 11.8 Å². The molecule has 0 radical (unpaired) electrons. The zero-order chi connectivity index (χ0) is 14.1. The zero-order valence-corrected chi connectivity index (χ0v) is 11.5. The van der Waals surface area contributed by atoms with Crippen LogP contribution in [0.2, 0.25) is 0 Å². The minimum Gasteiger partial charge on any atom is -0.462 e. The number of alkyl halides is 1. The minimum atomic E-state index is -0.866. The van der Waals surface area contributed by atoms with E-state index in [1.54, 1.807) is 17.9 Å². The molecule has 0 bridgehead atoms. The molecule has 0 N–H and O–H groups in total. The number of nitrogens with zero attached hydrogens (tertiary/aromatic N) is 3. The summed E-state index contributed by atoms with van der Waals surface area (Å²) in [7, 11) is 0. The molecule has 2 aliphatic rings. The van der Waals surface area contributed by atoms with E-state index in [-0.39, 0.29) is 6.54 Å².